The predicted molar refractivity (Wildman–Crippen MR) is 77.2 cm³/mol. The van der Waals surface area contributed by atoms with Crippen LogP contribution in [0.5, 0.6) is 0 Å². The topological polar surface area (TPSA) is 78.9 Å². The zero-order valence-electron chi connectivity index (χ0n) is 10.6. The molecule has 0 atom stereocenters. The minimum atomic E-state index is -0.445. The number of hydrogen-bond acceptors (Lipinski definition) is 3. The molecule has 0 bridgehead atoms. The molecule has 0 aliphatic carbocycles. The number of rotatable bonds is 0. The van der Waals surface area contributed by atoms with E-state index in [1.165, 1.54) is 0 Å². The number of nitrogens with one attached hydrogen (secondary N) is 2. The zero-order chi connectivity index (χ0) is 13.9. The number of hydrogen-bond donors (Lipinski definition) is 2. The number of fused-ring (bicyclic) bond motifs is 5. The van der Waals surface area contributed by atoms with Crippen LogP contribution in [-0.2, 0) is 0 Å². The van der Waals surface area contributed by atoms with Crippen LogP contribution in [0.25, 0.3) is 32.8 Å². The molecule has 2 heterocycles. The van der Waals surface area contributed by atoms with Gasteiger partial charge >= 0.3 is 11.3 Å². The summed E-state index contributed by atoms with van der Waals surface area (Å²) in [6.07, 6.45) is 0. The normalized spacial score (nSPS) is 11.7. The van der Waals surface area contributed by atoms with Gasteiger partial charge in [0, 0.05) is 10.8 Å². The lowest BCUT2D eigenvalue weighted by molar-refractivity contribution is 0.570. The van der Waals surface area contributed by atoms with Crippen molar-refractivity contribution in [2.24, 2.45) is 0 Å². The first-order valence-corrected chi connectivity index (χ1v) is 6.22. The minimum absolute atomic E-state index is 0.337. The highest BCUT2D eigenvalue weighted by molar-refractivity contribution is 6.13. The Balaban J connectivity index is 2.37. The molecule has 0 aliphatic heterocycles. The summed E-state index contributed by atoms with van der Waals surface area (Å²) < 4.78 is 5.38. The average molecular weight is 266 g/mol. The maximum absolute atomic E-state index is 12.2. The van der Waals surface area contributed by atoms with Crippen LogP contribution < -0.4 is 11.3 Å². The standard InChI is InChI=1S/C15H10N2O3/c1-7-2-3-8-9-4-5-10-13(17-15(19)16-10)12(9)14(18)20-11(8)6-7/h2-6H,1H3,(H2,16,17,19). The molecule has 0 spiro atoms. The Morgan fingerprint density at radius 3 is 2.65 bits per heavy atom. The second-order valence-electron chi connectivity index (χ2n) is 4.88. The van der Waals surface area contributed by atoms with Gasteiger partial charge in [-0.3, -0.25) is 0 Å². The molecule has 2 N–H and O–H groups in total. The van der Waals surface area contributed by atoms with Crippen LogP contribution >= 0.6 is 0 Å². The Bertz CT molecular complexity index is 1100. The summed E-state index contributed by atoms with van der Waals surface area (Å²) in [7, 11) is 0. The maximum Gasteiger partial charge on any atom is 0.346 e. The van der Waals surface area contributed by atoms with E-state index in [9.17, 15) is 9.59 Å². The molecule has 2 aromatic carbocycles. The number of benzene rings is 2. The van der Waals surface area contributed by atoms with E-state index in [1.54, 1.807) is 6.07 Å². The molecule has 0 saturated carbocycles. The monoisotopic (exact) mass is 266 g/mol. The van der Waals surface area contributed by atoms with E-state index in [2.05, 4.69) is 9.97 Å². The molecule has 5 nitrogen and oxygen atoms in total. The van der Waals surface area contributed by atoms with Gasteiger partial charge in [0.05, 0.1) is 16.4 Å². The maximum atomic E-state index is 12.2. The number of imidazole rings is 1. The highest BCUT2D eigenvalue weighted by Gasteiger charge is 2.12. The van der Waals surface area contributed by atoms with Crippen molar-refractivity contribution in [2.75, 3.05) is 0 Å². The molecular weight excluding hydrogens is 256 g/mol. The lowest BCUT2D eigenvalue weighted by Gasteiger charge is -2.03. The molecule has 0 saturated heterocycles. The molecule has 0 radical (unpaired) electrons. The van der Waals surface area contributed by atoms with Gasteiger partial charge in [-0.1, -0.05) is 18.2 Å². The van der Waals surface area contributed by atoms with Gasteiger partial charge in [0.2, 0.25) is 0 Å². The predicted octanol–water partition coefficient (Wildman–Crippen LogP) is 2.42. The van der Waals surface area contributed by atoms with E-state index in [1.807, 2.05) is 31.2 Å². The highest BCUT2D eigenvalue weighted by atomic mass is 16.4. The highest BCUT2D eigenvalue weighted by Crippen LogP contribution is 2.27. The Labute approximate surface area is 111 Å². The summed E-state index contributed by atoms with van der Waals surface area (Å²) in [6.45, 7) is 1.94. The van der Waals surface area contributed by atoms with E-state index in [0.29, 0.717) is 22.0 Å². The van der Waals surface area contributed by atoms with Crippen molar-refractivity contribution < 1.29 is 4.42 Å². The van der Waals surface area contributed by atoms with Crippen LogP contribution in [-0.4, -0.2) is 9.97 Å². The van der Waals surface area contributed by atoms with Crippen LogP contribution in [0.2, 0.25) is 0 Å². The van der Waals surface area contributed by atoms with Crippen LogP contribution in [0.1, 0.15) is 5.56 Å². The van der Waals surface area contributed by atoms with Crippen LogP contribution in [0.15, 0.2) is 44.3 Å². The van der Waals surface area contributed by atoms with Crippen molar-refractivity contribution in [1.29, 1.82) is 0 Å². The first kappa shape index (κ1) is 11.0. The summed E-state index contributed by atoms with van der Waals surface area (Å²) in [5.41, 5.74) is 1.88. The fraction of sp³-hybridized carbons (Fsp3) is 0.0667. The van der Waals surface area contributed by atoms with Gasteiger partial charge in [-0.05, 0) is 24.6 Å². The molecule has 20 heavy (non-hydrogen) atoms. The van der Waals surface area contributed by atoms with E-state index in [4.69, 9.17) is 4.42 Å². The number of aromatic nitrogens is 2. The van der Waals surface area contributed by atoms with Crippen molar-refractivity contribution in [2.45, 2.75) is 6.92 Å². The number of H-pyrrole nitrogens is 2. The third-order valence-corrected chi connectivity index (χ3v) is 3.53. The van der Waals surface area contributed by atoms with Crippen LogP contribution in [0.3, 0.4) is 0 Å². The summed E-state index contributed by atoms with van der Waals surface area (Å²) in [4.78, 5) is 28.9. The molecular formula is C15H10N2O3. The van der Waals surface area contributed by atoms with Gasteiger partial charge in [0.1, 0.15) is 5.58 Å². The van der Waals surface area contributed by atoms with E-state index >= 15 is 0 Å². The van der Waals surface area contributed by atoms with E-state index in [0.717, 1.165) is 16.3 Å². The Morgan fingerprint density at radius 1 is 1.00 bits per heavy atom. The third kappa shape index (κ3) is 1.37. The molecule has 0 fully saturated rings. The van der Waals surface area contributed by atoms with Crippen LogP contribution in [0.4, 0.5) is 0 Å². The zero-order valence-corrected chi connectivity index (χ0v) is 10.6. The molecule has 4 aromatic rings. The smallest absolute Gasteiger partial charge is 0.346 e. The second-order valence-corrected chi connectivity index (χ2v) is 4.88. The summed E-state index contributed by atoms with van der Waals surface area (Å²) in [5, 5.41) is 2.03. The molecule has 4 rings (SSSR count). The van der Waals surface area contributed by atoms with Gasteiger partial charge in [-0.25, -0.2) is 9.59 Å². The largest absolute Gasteiger partial charge is 0.422 e. The molecule has 2 aromatic heterocycles. The van der Waals surface area contributed by atoms with Crippen LogP contribution in [0, 0.1) is 6.92 Å². The van der Waals surface area contributed by atoms with Gasteiger partial charge < -0.3 is 14.4 Å². The van der Waals surface area contributed by atoms with Crippen molar-refractivity contribution in [3.8, 4) is 0 Å². The van der Waals surface area contributed by atoms with Gasteiger partial charge in [0.15, 0.2) is 0 Å². The fourth-order valence-electron chi connectivity index (χ4n) is 2.63. The van der Waals surface area contributed by atoms with Gasteiger partial charge in [-0.15, -0.1) is 0 Å². The van der Waals surface area contributed by atoms with E-state index < -0.39 is 5.63 Å². The Kier molecular flexibility index (Phi) is 1.99. The van der Waals surface area contributed by atoms with Gasteiger partial charge in [-0.2, -0.15) is 0 Å². The Morgan fingerprint density at radius 2 is 1.80 bits per heavy atom. The summed E-state index contributed by atoms with van der Waals surface area (Å²) >= 11 is 0. The van der Waals surface area contributed by atoms with Crippen molar-refractivity contribution >= 4 is 32.8 Å². The van der Waals surface area contributed by atoms with E-state index in [-0.39, 0.29) is 5.69 Å². The molecule has 0 aliphatic rings. The average Bonchev–Trinajstić information content (AvgIpc) is 2.78. The molecule has 0 amide bonds. The lowest BCUT2D eigenvalue weighted by Crippen LogP contribution is -2.02. The SMILES string of the molecule is Cc1ccc2c(c1)oc(=O)c1c2ccc2[nH]c(=O)[nH]c21. The number of aryl methyl sites for hydroxylation is 1. The first-order valence-electron chi connectivity index (χ1n) is 6.22. The second kappa shape index (κ2) is 3.60. The molecule has 0 unspecified atom stereocenters. The summed E-state index contributed by atoms with van der Waals surface area (Å²) in [5.74, 6) is 0. The first-order chi connectivity index (χ1) is 9.63. The van der Waals surface area contributed by atoms with Gasteiger partial charge in [0.25, 0.3) is 0 Å². The fourth-order valence-corrected chi connectivity index (χ4v) is 2.63. The Hall–Kier alpha value is -2.82. The van der Waals surface area contributed by atoms with Crippen molar-refractivity contribution in [1.82, 2.24) is 9.97 Å². The minimum Gasteiger partial charge on any atom is -0.422 e. The summed E-state index contributed by atoms with van der Waals surface area (Å²) in [6, 6.07) is 9.34. The number of aromatic amines is 2. The quantitative estimate of drug-likeness (QED) is 0.379. The molecule has 5 heteroatoms. The third-order valence-electron chi connectivity index (χ3n) is 3.53. The lowest BCUT2D eigenvalue weighted by atomic mass is 10.1. The van der Waals surface area contributed by atoms with Crippen molar-refractivity contribution in [3.63, 3.8) is 0 Å². The van der Waals surface area contributed by atoms with Crippen molar-refractivity contribution in [3.05, 3.63) is 56.8 Å². The molecule has 98 valence electrons.